The van der Waals surface area contributed by atoms with Crippen molar-refractivity contribution in [3.63, 3.8) is 0 Å². The summed E-state index contributed by atoms with van der Waals surface area (Å²) in [5.41, 5.74) is 3.23. The molecule has 3 nitrogen and oxygen atoms in total. The molecule has 1 unspecified atom stereocenters. The van der Waals surface area contributed by atoms with Crippen LogP contribution in [0.1, 0.15) is 105 Å². The molecule has 0 amide bonds. The second-order valence-electron chi connectivity index (χ2n) is 10.9. The summed E-state index contributed by atoms with van der Waals surface area (Å²) in [5.74, 6) is 1.46. The molecule has 0 aliphatic heterocycles. The van der Waals surface area contributed by atoms with Crippen LogP contribution in [0.15, 0.2) is 22.6 Å². The molecule has 0 radical (unpaired) electrons. The van der Waals surface area contributed by atoms with Crippen LogP contribution < -0.4 is 0 Å². The van der Waals surface area contributed by atoms with E-state index < -0.39 is 11.5 Å². The molecule has 0 bridgehead atoms. The minimum atomic E-state index is -0.678. The first-order chi connectivity index (χ1) is 15.3. The van der Waals surface area contributed by atoms with Gasteiger partial charge in [-0.25, -0.2) is 4.98 Å². The highest BCUT2D eigenvalue weighted by molar-refractivity contribution is 7.09. The number of rotatable bonds is 14. The van der Waals surface area contributed by atoms with Crippen LogP contribution in [-0.4, -0.2) is 22.0 Å². The molecule has 188 valence electrons. The monoisotopic (exact) mass is 475 g/mol. The highest BCUT2D eigenvalue weighted by atomic mass is 32.1. The second-order valence-corrected chi connectivity index (χ2v) is 12.0. The number of thiazole rings is 1. The van der Waals surface area contributed by atoms with Crippen LogP contribution in [-0.2, 0) is 4.79 Å². The Kier molecular flexibility index (Phi) is 12.3. The number of Topliss-reactive ketones (excluding diaryl/α,β-unsaturated/α-hetero) is 1. The third-order valence-corrected chi connectivity index (χ3v) is 8.59. The van der Waals surface area contributed by atoms with E-state index in [1.807, 2.05) is 34.6 Å². The van der Waals surface area contributed by atoms with Crippen LogP contribution in [0.25, 0.3) is 6.08 Å². The van der Waals surface area contributed by atoms with Gasteiger partial charge in [0.05, 0.1) is 16.8 Å². The average molecular weight is 476 g/mol. The molecule has 1 aromatic heterocycles. The largest absolute Gasteiger partial charge is 0.392 e. The van der Waals surface area contributed by atoms with Crippen LogP contribution in [0.2, 0.25) is 0 Å². The fourth-order valence-corrected chi connectivity index (χ4v) is 5.02. The van der Waals surface area contributed by atoms with Crippen LogP contribution in [0, 0.1) is 36.0 Å². The van der Waals surface area contributed by atoms with E-state index in [2.05, 4.69) is 57.1 Å². The van der Waals surface area contributed by atoms with Crippen LogP contribution in [0.4, 0.5) is 0 Å². The van der Waals surface area contributed by atoms with Gasteiger partial charge in [0.25, 0.3) is 0 Å². The third-order valence-electron chi connectivity index (χ3n) is 7.79. The molecule has 0 aliphatic carbocycles. The molecular formula is C29H49NO2S. The molecule has 1 rings (SSSR count). The Labute approximate surface area is 207 Å². The van der Waals surface area contributed by atoms with Crippen molar-refractivity contribution in [3.8, 4) is 0 Å². The Hall–Kier alpha value is -1.26. The summed E-state index contributed by atoms with van der Waals surface area (Å²) in [5, 5.41) is 13.5. The molecule has 0 fully saturated rings. The van der Waals surface area contributed by atoms with Crippen LogP contribution >= 0.6 is 11.3 Å². The lowest BCUT2D eigenvalue weighted by Gasteiger charge is -2.34. The molecule has 4 heteroatoms. The van der Waals surface area contributed by atoms with Crippen molar-refractivity contribution in [2.24, 2.45) is 29.1 Å². The van der Waals surface area contributed by atoms with Crippen LogP contribution in [0.3, 0.4) is 0 Å². The van der Waals surface area contributed by atoms with E-state index >= 15 is 0 Å². The maximum atomic E-state index is 13.0. The number of hydrogen-bond donors (Lipinski definition) is 1. The standard InChI is InChI=1S/C29H49NO2S/c1-11-27(31)29(9,10)28(32)24(7)23(6)21(4)14-12-13-19(2)15-16-20(3)22(5)17-26-18-33-25(8)30-26/h15,17-18,20-21,23-24,27,31H,11-14,16H2,1-10H3/b19-15-,22-17+/t20-,21-,23-,24+,27?/m0/s1. The summed E-state index contributed by atoms with van der Waals surface area (Å²) in [6.45, 7) is 21.0. The van der Waals surface area contributed by atoms with Crippen molar-refractivity contribution in [1.82, 2.24) is 4.98 Å². The molecule has 5 atom stereocenters. The van der Waals surface area contributed by atoms with Gasteiger partial charge in [0.1, 0.15) is 5.78 Å². The fraction of sp³-hybridized carbons (Fsp3) is 0.724. The van der Waals surface area contributed by atoms with Gasteiger partial charge < -0.3 is 5.11 Å². The van der Waals surface area contributed by atoms with Crippen molar-refractivity contribution in [2.75, 3.05) is 0 Å². The topological polar surface area (TPSA) is 50.2 Å². The number of nitrogens with zero attached hydrogens (tertiary/aromatic N) is 1. The molecule has 1 heterocycles. The van der Waals surface area contributed by atoms with Gasteiger partial charge in [0.15, 0.2) is 0 Å². The molecule has 0 aliphatic rings. The van der Waals surface area contributed by atoms with Gasteiger partial charge in [0, 0.05) is 16.7 Å². The maximum absolute atomic E-state index is 13.0. The predicted molar refractivity (Wildman–Crippen MR) is 144 cm³/mol. The number of carbonyl (C=O) groups is 1. The molecule has 1 N–H and O–H groups in total. The lowest BCUT2D eigenvalue weighted by atomic mass is 9.70. The second kappa shape index (κ2) is 13.6. The Morgan fingerprint density at radius 2 is 1.85 bits per heavy atom. The van der Waals surface area contributed by atoms with E-state index in [4.69, 9.17) is 0 Å². The SMILES string of the molecule is CCC(O)C(C)(C)C(=O)[C@H](C)[C@@H](C)[C@@H](C)CCC/C(C)=C\C[C@H](C)/C(C)=C/c1csc(C)n1. The first kappa shape index (κ1) is 29.8. The Bertz CT molecular complexity index is 804. The first-order valence-corrected chi connectivity index (χ1v) is 13.7. The number of aliphatic hydroxyl groups excluding tert-OH is 1. The van der Waals surface area contributed by atoms with Crippen molar-refractivity contribution in [3.05, 3.63) is 33.3 Å². The highest BCUT2D eigenvalue weighted by Crippen LogP contribution is 2.34. The van der Waals surface area contributed by atoms with Crippen molar-refractivity contribution in [2.45, 2.75) is 107 Å². The Morgan fingerprint density at radius 3 is 2.39 bits per heavy atom. The Balaban J connectivity index is 2.51. The Morgan fingerprint density at radius 1 is 1.21 bits per heavy atom. The van der Waals surface area contributed by atoms with Gasteiger partial charge in [-0.05, 0) is 70.3 Å². The normalized spacial score (nSPS) is 18.0. The smallest absolute Gasteiger partial charge is 0.144 e. The van der Waals surface area contributed by atoms with Crippen LogP contribution in [0.5, 0.6) is 0 Å². The molecule has 1 aromatic rings. The van der Waals surface area contributed by atoms with Gasteiger partial charge in [-0.3, -0.25) is 4.79 Å². The minimum Gasteiger partial charge on any atom is -0.392 e. The molecular weight excluding hydrogens is 426 g/mol. The van der Waals surface area contributed by atoms with Gasteiger partial charge in [-0.1, -0.05) is 72.1 Å². The number of aryl methyl sites for hydroxylation is 1. The summed E-state index contributed by atoms with van der Waals surface area (Å²) >= 11 is 1.70. The van der Waals surface area contributed by atoms with Crippen molar-refractivity contribution < 1.29 is 9.90 Å². The summed E-state index contributed by atoms with van der Waals surface area (Å²) in [6.07, 6.45) is 9.08. The minimum absolute atomic E-state index is 0.0371. The molecule has 33 heavy (non-hydrogen) atoms. The number of allylic oxidation sites excluding steroid dienone is 3. The van der Waals surface area contributed by atoms with Gasteiger partial charge in [0.2, 0.25) is 0 Å². The quantitative estimate of drug-likeness (QED) is 0.275. The predicted octanol–water partition coefficient (Wildman–Crippen LogP) is 8.27. The van der Waals surface area contributed by atoms with E-state index in [-0.39, 0.29) is 11.7 Å². The number of aromatic nitrogens is 1. The van der Waals surface area contributed by atoms with E-state index in [1.165, 1.54) is 11.1 Å². The lowest BCUT2D eigenvalue weighted by molar-refractivity contribution is -0.139. The average Bonchev–Trinajstić information content (AvgIpc) is 3.19. The van der Waals surface area contributed by atoms with Crippen molar-refractivity contribution in [1.29, 1.82) is 0 Å². The zero-order chi connectivity index (χ0) is 25.3. The summed E-state index contributed by atoms with van der Waals surface area (Å²) < 4.78 is 0. The summed E-state index contributed by atoms with van der Waals surface area (Å²) in [7, 11) is 0. The van der Waals surface area contributed by atoms with Crippen molar-refractivity contribution >= 4 is 23.2 Å². The zero-order valence-corrected chi connectivity index (χ0v) is 23.7. The maximum Gasteiger partial charge on any atom is 0.144 e. The van der Waals surface area contributed by atoms with Gasteiger partial charge in [-0.15, -0.1) is 11.3 Å². The van der Waals surface area contributed by atoms with E-state index in [9.17, 15) is 9.90 Å². The molecule has 0 saturated carbocycles. The number of hydrogen-bond acceptors (Lipinski definition) is 4. The zero-order valence-electron chi connectivity index (χ0n) is 22.9. The van der Waals surface area contributed by atoms with Gasteiger partial charge >= 0.3 is 0 Å². The number of aliphatic hydroxyl groups is 1. The molecule has 0 saturated heterocycles. The first-order valence-electron chi connectivity index (χ1n) is 12.8. The summed E-state index contributed by atoms with van der Waals surface area (Å²) in [6, 6.07) is 0. The molecule has 0 spiro atoms. The number of carbonyl (C=O) groups excluding carboxylic acids is 1. The highest BCUT2D eigenvalue weighted by Gasteiger charge is 2.39. The van der Waals surface area contributed by atoms with E-state index in [1.54, 1.807) is 11.3 Å². The van der Waals surface area contributed by atoms with E-state index in [0.717, 1.165) is 36.4 Å². The fourth-order valence-electron chi connectivity index (χ4n) is 4.45. The van der Waals surface area contributed by atoms with Gasteiger partial charge in [-0.2, -0.15) is 0 Å². The molecule has 0 aromatic carbocycles. The number of ketones is 1. The third kappa shape index (κ3) is 9.13. The van der Waals surface area contributed by atoms with E-state index in [0.29, 0.717) is 24.2 Å². The summed E-state index contributed by atoms with van der Waals surface area (Å²) in [4.78, 5) is 17.6. The lowest BCUT2D eigenvalue weighted by Crippen LogP contribution is -2.42.